The first-order chi connectivity index (χ1) is 9.75. The van der Waals surface area contributed by atoms with Crippen molar-refractivity contribution in [2.45, 2.75) is 31.8 Å². The molecule has 106 valence electrons. The second-order valence-electron chi connectivity index (χ2n) is 4.85. The molecule has 0 aromatic carbocycles. The van der Waals surface area contributed by atoms with Gasteiger partial charge >= 0.3 is 0 Å². The molecule has 2 aromatic rings. The molecule has 0 saturated carbocycles. The molecule has 1 aliphatic rings. The highest BCUT2D eigenvalue weighted by Gasteiger charge is 2.24. The fraction of sp³-hybridized carbons (Fsp3) is 0.500. The Morgan fingerprint density at radius 3 is 3.25 bits per heavy atom. The minimum Gasteiger partial charge on any atom is -0.347 e. The number of amides is 1. The normalized spacial score (nSPS) is 22.6. The number of carbonyl (C=O) groups is 1. The molecule has 0 aliphatic carbocycles. The molecule has 2 unspecified atom stereocenters. The standard InChI is InChI=1S/C12H16N6OS/c1-8-9(3-2-5-13-8)15-12(19)11-10(4-6-20-11)18-7-14-16-17-18/h4,6-9,13H,2-3,5H2,1H3,(H,15,19). The number of rotatable bonds is 3. The molecule has 1 saturated heterocycles. The van der Waals surface area contributed by atoms with Gasteiger partial charge in [-0.15, -0.1) is 16.4 Å². The number of piperidine rings is 1. The van der Waals surface area contributed by atoms with Crippen molar-refractivity contribution in [3.05, 3.63) is 22.7 Å². The fourth-order valence-corrected chi connectivity index (χ4v) is 3.18. The Labute approximate surface area is 120 Å². The second-order valence-corrected chi connectivity index (χ2v) is 5.77. The summed E-state index contributed by atoms with van der Waals surface area (Å²) in [5.41, 5.74) is 0.717. The predicted octanol–water partition coefficient (Wildman–Crippen LogP) is 0.594. The van der Waals surface area contributed by atoms with Crippen molar-refractivity contribution in [2.24, 2.45) is 0 Å². The maximum atomic E-state index is 12.4. The third kappa shape index (κ3) is 2.56. The molecule has 0 bridgehead atoms. The number of hydrogen-bond donors (Lipinski definition) is 2. The van der Waals surface area contributed by atoms with Gasteiger partial charge in [-0.2, -0.15) is 4.68 Å². The molecule has 1 aliphatic heterocycles. The van der Waals surface area contributed by atoms with E-state index >= 15 is 0 Å². The van der Waals surface area contributed by atoms with E-state index in [0.717, 1.165) is 19.4 Å². The van der Waals surface area contributed by atoms with Crippen molar-refractivity contribution >= 4 is 17.2 Å². The Balaban J connectivity index is 1.76. The van der Waals surface area contributed by atoms with Gasteiger partial charge in [-0.25, -0.2) is 0 Å². The van der Waals surface area contributed by atoms with Crippen LogP contribution in [-0.4, -0.2) is 44.7 Å². The number of thiophene rings is 1. The highest BCUT2D eigenvalue weighted by atomic mass is 32.1. The van der Waals surface area contributed by atoms with Crippen LogP contribution in [0.2, 0.25) is 0 Å². The molecule has 3 rings (SSSR count). The van der Waals surface area contributed by atoms with Crippen LogP contribution in [-0.2, 0) is 0 Å². The zero-order valence-electron chi connectivity index (χ0n) is 11.1. The van der Waals surface area contributed by atoms with Crippen molar-refractivity contribution in [3.8, 4) is 5.69 Å². The van der Waals surface area contributed by atoms with Gasteiger partial charge in [0.1, 0.15) is 11.2 Å². The van der Waals surface area contributed by atoms with Crippen molar-refractivity contribution in [1.82, 2.24) is 30.8 Å². The van der Waals surface area contributed by atoms with Crippen molar-refractivity contribution in [1.29, 1.82) is 0 Å². The first-order valence-corrected chi connectivity index (χ1v) is 7.49. The minimum atomic E-state index is -0.0638. The van der Waals surface area contributed by atoms with Crippen LogP contribution in [0.3, 0.4) is 0 Å². The number of tetrazole rings is 1. The molecule has 0 radical (unpaired) electrons. The summed E-state index contributed by atoms with van der Waals surface area (Å²) in [6.07, 6.45) is 3.58. The lowest BCUT2D eigenvalue weighted by Gasteiger charge is -2.30. The molecule has 2 N–H and O–H groups in total. The first-order valence-electron chi connectivity index (χ1n) is 6.61. The van der Waals surface area contributed by atoms with E-state index in [9.17, 15) is 4.79 Å². The maximum absolute atomic E-state index is 12.4. The van der Waals surface area contributed by atoms with Crippen molar-refractivity contribution < 1.29 is 4.79 Å². The summed E-state index contributed by atoms with van der Waals surface area (Å²) in [6.45, 7) is 3.11. The molecule has 0 spiro atoms. The lowest BCUT2D eigenvalue weighted by molar-refractivity contribution is 0.0924. The summed E-state index contributed by atoms with van der Waals surface area (Å²) in [4.78, 5) is 13.1. The SMILES string of the molecule is CC1NCCCC1NC(=O)c1sccc1-n1cnnn1. The van der Waals surface area contributed by atoms with Crippen LogP contribution < -0.4 is 10.6 Å². The van der Waals surface area contributed by atoms with Crippen LogP contribution in [0.4, 0.5) is 0 Å². The topological polar surface area (TPSA) is 84.7 Å². The number of nitrogens with one attached hydrogen (secondary N) is 2. The van der Waals surface area contributed by atoms with Crippen LogP contribution in [0.5, 0.6) is 0 Å². The quantitative estimate of drug-likeness (QED) is 0.865. The smallest absolute Gasteiger partial charge is 0.263 e. The minimum absolute atomic E-state index is 0.0638. The summed E-state index contributed by atoms with van der Waals surface area (Å²) in [7, 11) is 0. The van der Waals surface area contributed by atoms with Crippen LogP contribution in [0.15, 0.2) is 17.8 Å². The van der Waals surface area contributed by atoms with Gasteiger partial charge in [0, 0.05) is 12.1 Å². The molecule has 1 amide bonds. The van der Waals surface area contributed by atoms with Gasteiger partial charge in [0.25, 0.3) is 5.91 Å². The van der Waals surface area contributed by atoms with Gasteiger partial charge in [-0.3, -0.25) is 4.79 Å². The Morgan fingerprint density at radius 2 is 2.50 bits per heavy atom. The zero-order valence-corrected chi connectivity index (χ0v) is 11.9. The molecule has 20 heavy (non-hydrogen) atoms. The molecule has 3 heterocycles. The molecule has 2 aromatic heterocycles. The fourth-order valence-electron chi connectivity index (χ4n) is 2.40. The van der Waals surface area contributed by atoms with Gasteiger partial charge < -0.3 is 10.6 Å². The maximum Gasteiger partial charge on any atom is 0.263 e. The van der Waals surface area contributed by atoms with E-state index in [4.69, 9.17) is 0 Å². The molecule has 7 nitrogen and oxygen atoms in total. The van der Waals surface area contributed by atoms with Gasteiger partial charge in [-0.05, 0) is 48.2 Å². The summed E-state index contributed by atoms with van der Waals surface area (Å²) >= 11 is 1.40. The van der Waals surface area contributed by atoms with Gasteiger partial charge in [0.05, 0.1) is 5.69 Å². The number of aromatic nitrogens is 4. The van der Waals surface area contributed by atoms with E-state index in [2.05, 4.69) is 33.1 Å². The third-order valence-electron chi connectivity index (χ3n) is 3.52. The number of carbonyl (C=O) groups excluding carboxylic acids is 1. The van der Waals surface area contributed by atoms with Crippen molar-refractivity contribution in [3.63, 3.8) is 0 Å². The Kier molecular flexibility index (Phi) is 3.75. The average molecular weight is 292 g/mol. The van der Waals surface area contributed by atoms with Crippen molar-refractivity contribution in [2.75, 3.05) is 6.54 Å². The second kappa shape index (κ2) is 5.68. The summed E-state index contributed by atoms with van der Waals surface area (Å²) in [6, 6.07) is 2.31. The largest absolute Gasteiger partial charge is 0.347 e. The lowest BCUT2D eigenvalue weighted by Crippen LogP contribution is -2.51. The molecular formula is C12H16N6OS. The Hall–Kier alpha value is -1.80. The Morgan fingerprint density at radius 1 is 1.60 bits per heavy atom. The predicted molar refractivity (Wildman–Crippen MR) is 75.0 cm³/mol. The van der Waals surface area contributed by atoms with E-state index in [1.165, 1.54) is 22.3 Å². The van der Waals surface area contributed by atoms with E-state index in [1.807, 2.05) is 11.4 Å². The lowest BCUT2D eigenvalue weighted by atomic mass is 10.00. The molecule has 1 fully saturated rings. The highest BCUT2D eigenvalue weighted by molar-refractivity contribution is 7.12. The van der Waals surface area contributed by atoms with Gasteiger partial charge in [0.15, 0.2) is 0 Å². The number of hydrogen-bond acceptors (Lipinski definition) is 6. The summed E-state index contributed by atoms with van der Waals surface area (Å²) in [5, 5.41) is 19.4. The van der Waals surface area contributed by atoms with Crippen LogP contribution in [0, 0.1) is 0 Å². The first kappa shape index (κ1) is 13.2. The van der Waals surface area contributed by atoms with Crippen LogP contribution in [0.1, 0.15) is 29.4 Å². The molecular weight excluding hydrogens is 276 g/mol. The monoisotopic (exact) mass is 292 g/mol. The van der Waals surface area contributed by atoms with Crippen LogP contribution >= 0.6 is 11.3 Å². The van der Waals surface area contributed by atoms with Gasteiger partial charge in [0.2, 0.25) is 0 Å². The van der Waals surface area contributed by atoms with Crippen LogP contribution in [0.25, 0.3) is 5.69 Å². The zero-order chi connectivity index (χ0) is 13.9. The van der Waals surface area contributed by atoms with E-state index < -0.39 is 0 Å². The third-order valence-corrected chi connectivity index (χ3v) is 4.43. The summed E-state index contributed by atoms with van der Waals surface area (Å²) in [5.74, 6) is -0.0638. The summed E-state index contributed by atoms with van der Waals surface area (Å²) < 4.78 is 1.51. The Bertz CT molecular complexity index is 581. The number of nitrogens with zero attached hydrogens (tertiary/aromatic N) is 4. The van der Waals surface area contributed by atoms with Gasteiger partial charge in [-0.1, -0.05) is 0 Å². The molecule has 8 heteroatoms. The van der Waals surface area contributed by atoms with E-state index in [0.29, 0.717) is 16.6 Å². The highest BCUT2D eigenvalue weighted by Crippen LogP contribution is 2.20. The van der Waals surface area contributed by atoms with E-state index in [1.54, 1.807) is 0 Å². The molecule has 2 atom stereocenters. The van der Waals surface area contributed by atoms with E-state index in [-0.39, 0.29) is 11.9 Å². The average Bonchev–Trinajstić information content (AvgIpc) is 3.11.